The molecule has 0 saturated carbocycles. The molecule has 1 saturated heterocycles. The second kappa shape index (κ2) is 5.32. The van der Waals surface area contributed by atoms with Gasteiger partial charge in [0.05, 0.1) is 27.6 Å². The predicted molar refractivity (Wildman–Crippen MR) is 93.9 cm³/mol. The summed E-state index contributed by atoms with van der Waals surface area (Å²) in [4.78, 5) is 15.7. The molecule has 4 rings (SSSR count). The summed E-state index contributed by atoms with van der Waals surface area (Å²) in [5.74, 6) is 0.915. The Morgan fingerprint density at radius 1 is 1.39 bits per heavy atom. The molecule has 0 aromatic carbocycles. The Morgan fingerprint density at radius 2 is 2.26 bits per heavy atom. The van der Waals surface area contributed by atoms with Gasteiger partial charge in [-0.15, -0.1) is 11.3 Å². The third-order valence-electron chi connectivity index (χ3n) is 4.53. The quantitative estimate of drug-likeness (QED) is 0.773. The van der Waals surface area contributed by atoms with Crippen molar-refractivity contribution in [1.29, 1.82) is 0 Å². The van der Waals surface area contributed by atoms with E-state index in [-0.39, 0.29) is 6.04 Å². The first-order valence-corrected chi connectivity index (χ1v) is 8.78. The van der Waals surface area contributed by atoms with Gasteiger partial charge in [-0.2, -0.15) is 0 Å². The summed E-state index contributed by atoms with van der Waals surface area (Å²) in [6.07, 6.45) is 3.66. The van der Waals surface area contributed by atoms with Gasteiger partial charge in [0.1, 0.15) is 17.8 Å². The van der Waals surface area contributed by atoms with E-state index in [1.807, 2.05) is 19.9 Å². The van der Waals surface area contributed by atoms with Gasteiger partial charge in [-0.3, -0.25) is 0 Å². The molecule has 0 radical (unpaired) electrons. The molecule has 1 unspecified atom stereocenters. The fraction of sp³-hybridized carbons (Fsp3) is 0.412. The molecule has 0 amide bonds. The van der Waals surface area contributed by atoms with Crippen LogP contribution in [0.2, 0.25) is 0 Å². The zero-order chi connectivity index (χ0) is 16.0. The summed E-state index contributed by atoms with van der Waals surface area (Å²) in [5.41, 5.74) is 1.16. The highest BCUT2D eigenvalue weighted by Gasteiger charge is 2.37. The van der Waals surface area contributed by atoms with Crippen molar-refractivity contribution in [3.63, 3.8) is 0 Å². The van der Waals surface area contributed by atoms with E-state index in [0.717, 1.165) is 41.9 Å². The van der Waals surface area contributed by atoms with Crippen LogP contribution in [0.3, 0.4) is 0 Å². The number of rotatable bonds is 3. The lowest BCUT2D eigenvalue weighted by Crippen LogP contribution is -2.46. The lowest BCUT2D eigenvalue weighted by atomic mass is 9.96. The average Bonchev–Trinajstić information content (AvgIpc) is 3.24. The topological polar surface area (TPSA) is 65.0 Å². The molecule has 1 atom stereocenters. The molecule has 1 fully saturated rings. The third kappa shape index (κ3) is 2.52. The fourth-order valence-corrected chi connectivity index (χ4v) is 4.17. The molecule has 0 bridgehead atoms. The number of thiophene rings is 1. The minimum atomic E-state index is -0.749. The number of hydrogen-bond acceptors (Lipinski definition) is 5. The van der Waals surface area contributed by atoms with Crippen molar-refractivity contribution in [2.45, 2.75) is 38.3 Å². The maximum Gasteiger partial charge on any atom is 0.143 e. The van der Waals surface area contributed by atoms with Crippen molar-refractivity contribution in [3.8, 4) is 10.6 Å². The van der Waals surface area contributed by atoms with Gasteiger partial charge >= 0.3 is 0 Å². The van der Waals surface area contributed by atoms with Gasteiger partial charge in [-0.05, 0) is 44.2 Å². The maximum atomic E-state index is 10.5. The molecule has 2 N–H and O–H groups in total. The van der Waals surface area contributed by atoms with Crippen molar-refractivity contribution in [2.75, 3.05) is 11.4 Å². The largest absolute Gasteiger partial charge is 0.388 e. The molecule has 4 heterocycles. The van der Waals surface area contributed by atoms with Crippen LogP contribution in [0.25, 0.3) is 21.6 Å². The Morgan fingerprint density at radius 3 is 3.00 bits per heavy atom. The van der Waals surface area contributed by atoms with Crippen LogP contribution in [0.4, 0.5) is 5.82 Å². The summed E-state index contributed by atoms with van der Waals surface area (Å²) >= 11 is 1.70. The summed E-state index contributed by atoms with van der Waals surface area (Å²) in [5, 5.41) is 13.6. The predicted octanol–water partition coefficient (Wildman–Crippen LogP) is 3.43. The van der Waals surface area contributed by atoms with E-state index >= 15 is 0 Å². The normalized spacial score (nSPS) is 18.9. The van der Waals surface area contributed by atoms with E-state index in [1.165, 1.54) is 4.88 Å². The Kier molecular flexibility index (Phi) is 3.39. The molecule has 23 heavy (non-hydrogen) atoms. The Balaban J connectivity index is 1.81. The first kappa shape index (κ1) is 14.7. The number of aliphatic hydroxyl groups is 1. The number of aromatic amines is 1. The lowest BCUT2D eigenvalue weighted by molar-refractivity contribution is 0.0533. The van der Waals surface area contributed by atoms with Crippen LogP contribution in [0.15, 0.2) is 29.9 Å². The standard InChI is InChI=1S/C17H20N4OS/c1-17(2,22)14-6-3-7-21(14)16-11-9-12(13-5-4-8-23-13)20-15(11)18-10-19-16/h4-5,8-10,14,22H,3,6-7H2,1-2H3,(H,18,19,20). The first-order valence-electron chi connectivity index (χ1n) is 7.90. The number of fused-ring (bicyclic) bond motifs is 1. The average molecular weight is 328 g/mol. The molecular formula is C17H20N4OS. The Hall–Kier alpha value is -1.92. The monoisotopic (exact) mass is 328 g/mol. The van der Waals surface area contributed by atoms with E-state index in [1.54, 1.807) is 17.7 Å². The van der Waals surface area contributed by atoms with Gasteiger partial charge in [0.25, 0.3) is 0 Å². The minimum Gasteiger partial charge on any atom is -0.388 e. The molecule has 1 aliphatic rings. The van der Waals surface area contributed by atoms with Crippen molar-refractivity contribution in [2.24, 2.45) is 0 Å². The molecule has 3 aromatic heterocycles. The molecule has 5 nitrogen and oxygen atoms in total. The van der Waals surface area contributed by atoms with Gasteiger partial charge in [0, 0.05) is 6.54 Å². The number of nitrogens with zero attached hydrogens (tertiary/aromatic N) is 3. The minimum absolute atomic E-state index is 0.0840. The summed E-state index contributed by atoms with van der Waals surface area (Å²) < 4.78 is 0. The van der Waals surface area contributed by atoms with Gasteiger partial charge < -0.3 is 15.0 Å². The second-order valence-corrected chi connectivity index (χ2v) is 7.57. The van der Waals surface area contributed by atoms with E-state index in [2.05, 4.69) is 37.4 Å². The third-order valence-corrected chi connectivity index (χ3v) is 5.43. The van der Waals surface area contributed by atoms with Gasteiger partial charge in [0.15, 0.2) is 0 Å². The molecule has 1 aliphatic heterocycles. The smallest absolute Gasteiger partial charge is 0.143 e. The van der Waals surface area contributed by atoms with Crippen LogP contribution >= 0.6 is 11.3 Å². The molecule has 0 aliphatic carbocycles. The summed E-state index contributed by atoms with van der Waals surface area (Å²) in [6.45, 7) is 4.67. The highest BCUT2D eigenvalue weighted by Crippen LogP contribution is 2.36. The molecule has 3 aromatic rings. The van der Waals surface area contributed by atoms with Crippen molar-refractivity contribution >= 4 is 28.2 Å². The summed E-state index contributed by atoms with van der Waals surface area (Å²) in [6, 6.07) is 6.34. The zero-order valence-electron chi connectivity index (χ0n) is 13.3. The number of aromatic nitrogens is 3. The van der Waals surface area contributed by atoms with Crippen molar-refractivity contribution < 1.29 is 5.11 Å². The molecule has 6 heteroatoms. The van der Waals surface area contributed by atoms with Gasteiger partial charge in [-0.25, -0.2) is 9.97 Å². The van der Waals surface area contributed by atoms with Crippen LogP contribution in [-0.4, -0.2) is 38.2 Å². The zero-order valence-corrected chi connectivity index (χ0v) is 14.1. The highest BCUT2D eigenvalue weighted by atomic mass is 32.1. The van der Waals surface area contributed by atoms with E-state index in [0.29, 0.717) is 0 Å². The van der Waals surface area contributed by atoms with Crippen LogP contribution < -0.4 is 4.90 Å². The van der Waals surface area contributed by atoms with Crippen molar-refractivity contribution in [1.82, 2.24) is 15.0 Å². The number of hydrogen-bond donors (Lipinski definition) is 2. The number of nitrogens with one attached hydrogen (secondary N) is 1. The Bertz CT molecular complexity index is 819. The molecular weight excluding hydrogens is 308 g/mol. The lowest BCUT2D eigenvalue weighted by Gasteiger charge is -2.34. The van der Waals surface area contributed by atoms with Gasteiger partial charge in [0.2, 0.25) is 0 Å². The maximum absolute atomic E-state index is 10.5. The van der Waals surface area contributed by atoms with Crippen molar-refractivity contribution in [3.05, 3.63) is 29.9 Å². The first-order chi connectivity index (χ1) is 11.0. The SMILES string of the molecule is CC(C)(O)C1CCCN1c1ncnc2[nH]c(-c3cccs3)cc12. The fourth-order valence-electron chi connectivity index (χ4n) is 3.47. The van der Waals surface area contributed by atoms with Crippen LogP contribution in [-0.2, 0) is 0 Å². The van der Waals surface area contributed by atoms with E-state index < -0.39 is 5.60 Å². The highest BCUT2D eigenvalue weighted by molar-refractivity contribution is 7.13. The van der Waals surface area contributed by atoms with E-state index in [9.17, 15) is 5.11 Å². The van der Waals surface area contributed by atoms with Gasteiger partial charge in [-0.1, -0.05) is 6.07 Å². The van der Waals surface area contributed by atoms with Crippen LogP contribution in [0.1, 0.15) is 26.7 Å². The molecule has 0 spiro atoms. The van der Waals surface area contributed by atoms with E-state index in [4.69, 9.17) is 0 Å². The Labute approximate surface area is 139 Å². The molecule has 120 valence electrons. The van der Waals surface area contributed by atoms with Crippen LogP contribution in [0.5, 0.6) is 0 Å². The second-order valence-electron chi connectivity index (χ2n) is 6.62. The van der Waals surface area contributed by atoms with Crippen LogP contribution in [0, 0.1) is 0 Å². The number of H-pyrrole nitrogens is 1. The summed E-state index contributed by atoms with van der Waals surface area (Å²) in [7, 11) is 0. The number of anilines is 1.